The minimum absolute atomic E-state index is 0.245. The molecule has 0 amide bonds. The van der Waals surface area contributed by atoms with Gasteiger partial charge in [0.2, 0.25) is 0 Å². The molecule has 164 valence electrons. The van der Waals surface area contributed by atoms with E-state index < -0.39 is 5.97 Å². The van der Waals surface area contributed by atoms with Crippen molar-refractivity contribution in [2.24, 2.45) is 4.99 Å². The molecule has 1 fully saturated rings. The molecule has 1 heterocycles. The predicted molar refractivity (Wildman–Crippen MR) is 129 cm³/mol. The largest absolute Gasteiger partial charge is 0.488 e. The molecule has 1 aliphatic heterocycles. The Bertz CT molecular complexity index is 1110. The maximum Gasteiger partial charge on any atom is 0.335 e. The summed E-state index contributed by atoms with van der Waals surface area (Å²) in [7, 11) is 0. The molecular weight excluding hydrogens is 472 g/mol. The maximum absolute atomic E-state index is 11.1. The first-order valence-corrected chi connectivity index (χ1v) is 11.1. The second-order valence-electron chi connectivity index (χ2n) is 7.36. The summed E-state index contributed by atoms with van der Waals surface area (Å²) in [6.07, 6.45) is 1.81. The van der Waals surface area contributed by atoms with E-state index in [4.69, 9.17) is 14.6 Å². The zero-order valence-corrected chi connectivity index (χ0v) is 19.0. The molecule has 3 aromatic rings. The third-order valence-corrected chi connectivity index (χ3v) is 5.73. The zero-order valence-electron chi connectivity index (χ0n) is 17.4. The fraction of sp³-hybridized carbons (Fsp3) is 0.200. The SMILES string of the molecule is O=C(O)c1cccc(COc2ccc(C=Nc3ccc(N4CCOCC4)cc3)cc2Br)c1. The highest BCUT2D eigenvalue weighted by Crippen LogP contribution is 2.27. The average molecular weight is 495 g/mol. The lowest BCUT2D eigenvalue weighted by molar-refractivity contribution is 0.0696. The van der Waals surface area contributed by atoms with E-state index in [1.807, 2.05) is 42.6 Å². The Morgan fingerprint density at radius 1 is 1.09 bits per heavy atom. The van der Waals surface area contributed by atoms with Gasteiger partial charge >= 0.3 is 5.97 Å². The highest BCUT2D eigenvalue weighted by atomic mass is 79.9. The van der Waals surface area contributed by atoms with Gasteiger partial charge in [-0.05, 0) is 81.7 Å². The Morgan fingerprint density at radius 3 is 2.59 bits per heavy atom. The van der Waals surface area contributed by atoms with Crippen LogP contribution < -0.4 is 9.64 Å². The number of nitrogens with zero attached hydrogens (tertiary/aromatic N) is 2. The molecule has 0 radical (unpaired) electrons. The number of halogens is 1. The van der Waals surface area contributed by atoms with Gasteiger partial charge in [0.1, 0.15) is 12.4 Å². The predicted octanol–water partition coefficient (Wildman–Crippen LogP) is 5.31. The number of morpholine rings is 1. The zero-order chi connectivity index (χ0) is 22.3. The number of benzene rings is 3. The molecule has 0 aliphatic carbocycles. The molecule has 32 heavy (non-hydrogen) atoms. The van der Waals surface area contributed by atoms with Gasteiger partial charge in [-0.1, -0.05) is 12.1 Å². The van der Waals surface area contributed by atoms with Crippen molar-refractivity contribution in [3.05, 3.63) is 87.9 Å². The number of rotatable bonds is 7. The van der Waals surface area contributed by atoms with Crippen LogP contribution in [0, 0.1) is 0 Å². The van der Waals surface area contributed by atoms with Crippen LogP contribution >= 0.6 is 15.9 Å². The van der Waals surface area contributed by atoms with Gasteiger partial charge in [-0.25, -0.2) is 4.79 Å². The summed E-state index contributed by atoms with van der Waals surface area (Å²) in [5.74, 6) is -0.273. The van der Waals surface area contributed by atoms with Crippen molar-refractivity contribution < 1.29 is 19.4 Å². The average Bonchev–Trinajstić information content (AvgIpc) is 2.83. The second kappa shape index (κ2) is 10.4. The third kappa shape index (κ3) is 5.75. The summed E-state index contributed by atoms with van der Waals surface area (Å²) in [4.78, 5) is 18.0. The van der Waals surface area contributed by atoms with E-state index in [0.717, 1.165) is 47.6 Å². The van der Waals surface area contributed by atoms with Crippen LogP contribution in [0.3, 0.4) is 0 Å². The van der Waals surface area contributed by atoms with Crippen molar-refractivity contribution in [1.29, 1.82) is 0 Å². The third-order valence-electron chi connectivity index (χ3n) is 5.11. The molecule has 0 unspecified atom stereocenters. The summed E-state index contributed by atoms with van der Waals surface area (Å²) < 4.78 is 12.1. The lowest BCUT2D eigenvalue weighted by Crippen LogP contribution is -2.36. The minimum atomic E-state index is -0.951. The molecular formula is C25H23BrN2O4. The van der Waals surface area contributed by atoms with Crippen molar-refractivity contribution in [2.75, 3.05) is 31.2 Å². The molecule has 0 saturated carbocycles. The van der Waals surface area contributed by atoms with Crippen molar-refractivity contribution in [3.8, 4) is 5.75 Å². The molecule has 0 spiro atoms. The van der Waals surface area contributed by atoms with Gasteiger partial charge in [0.25, 0.3) is 0 Å². The van der Waals surface area contributed by atoms with Crippen LogP contribution in [-0.4, -0.2) is 43.6 Å². The first-order chi connectivity index (χ1) is 15.6. The fourth-order valence-corrected chi connectivity index (χ4v) is 3.90. The summed E-state index contributed by atoms with van der Waals surface area (Å²) in [5.41, 5.74) is 4.05. The van der Waals surface area contributed by atoms with Gasteiger partial charge in [-0.15, -0.1) is 0 Å². The molecule has 7 heteroatoms. The van der Waals surface area contributed by atoms with Gasteiger partial charge in [0, 0.05) is 25.0 Å². The molecule has 0 aromatic heterocycles. The molecule has 1 saturated heterocycles. The Balaban J connectivity index is 1.37. The van der Waals surface area contributed by atoms with Gasteiger partial charge in [0.15, 0.2) is 0 Å². The smallest absolute Gasteiger partial charge is 0.335 e. The van der Waals surface area contributed by atoms with Crippen LogP contribution in [0.1, 0.15) is 21.5 Å². The molecule has 4 rings (SSSR count). The number of aromatic carboxylic acids is 1. The van der Waals surface area contributed by atoms with E-state index in [9.17, 15) is 4.79 Å². The number of anilines is 1. The number of ether oxygens (including phenoxy) is 2. The minimum Gasteiger partial charge on any atom is -0.488 e. The Labute approximate surface area is 195 Å². The lowest BCUT2D eigenvalue weighted by atomic mass is 10.1. The molecule has 6 nitrogen and oxygen atoms in total. The molecule has 0 bridgehead atoms. The highest BCUT2D eigenvalue weighted by Gasteiger charge is 2.10. The summed E-state index contributed by atoms with van der Waals surface area (Å²) >= 11 is 3.54. The molecule has 1 N–H and O–H groups in total. The van der Waals surface area contributed by atoms with Crippen LogP contribution in [0.5, 0.6) is 5.75 Å². The normalized spacial score (nSPS) is 14.0. The van der Waals surface area contributed by atoms with Crippen LogP contribution in [0.25, 0.3) is 0 Å². The van der Waals surface area contributed by atoms with Crippen LogP contribution in [0.4, 0.5) is 11.4 Å². The highest BCUT2D eigenvalue weighted by molar-refractivity contribution is 9.10. The van der Waals surface area contributed by atoms with Crippen molar-refractivity contribution in [3.63, 3.8) is 0 Å². The van der Waals surface area contributed by atoms with Crippen LogP contribution in [-0.2, 0) is 11.3 Å². The van der Waals surface area contributed by atoms with E-state index in [2.05, 4.69) is 38.0 Å². The van der Waals surface area contributed by atoms with Crippen molar-refractivity contribution in [1.82, 2.24) is 0 Å². The summed E-state index contributed by atoms with van der Waals surface area (Å²) in [5, 5.41) is 9.11. The van der Waals surface area contributed by atoms with E-state index in [1.54, 1.807) is 18.2 Å². The number of carbonyl (C=O) groups is 1. The van der Waals surface area contributed by atoms with Crippen LogP contribution in [0.2, 0.25) is 0 Å². The number of hydrogen-bond acceptors (Lipinski definition) is 5. The molecule has 3 aromatic carbocycles. The van der Waals surface area contributed by atoms with E-state index in [-0.39, 0.29) is 12.2 Å². The monoisotopic (exact) mass is 494 g/mol. The number of carboxylic acids is 1. The summed E-state index contributed by atoms with van der Waals surface area (Å²) in [6, 6.07) is 20.7. The Morgan fingerprint density at radius 2 is 1.88 bits per heavy atom. The van der Waals surface area contributed by atoms with E-state index in [1.165, 1.54) is 5.69 Å². The number of aliphatic imine (C=N–C) groups is 1. The Kier molecular flexibility index (Phi) is 7.19. The lowest BCUT2D eigenvalue weighted by Gasteiger charge is -2.28. The van der Waals surface area contributed by atoms with E-state index >= 15 is 0 Å². The van der Waals surface area contributed by atoms with Gasteiger partial charge in [-0.3, -0.25) is 4.99 Å². The van der Waals surface area contributed by atoms with Gasteiger partial charge in [0.05, 0.1) is 28.9 Å². The maximum atomic E-state index is 11.1. The van der Waals surface area contributed by atoms with Gasteiger partial charge in [-0.2, -0.15) is 0 Å². The van der Waals surface area contributed by atoms with E-state index in [0.29, 0.717) is 5.75 Å². The first kappa shape index (κ1) is 22.0. The van der Waals surface area contributed by atoms with Gasteiger partial charge < -0.3 is 19.5 Å². The molecule has 1 aliphatic rings. The van der Waals surface area contributed by atoms with Crippen LogP contribution in [0.15, 0.2) is 76.2 Å². The topological polar surface area (TPSA) is 71.4 Å². The molecule has 0 atom stereocenters. The summed E-state index contributed by atoms with van der Waals surface area (Å²) in [6.45, 7) is 3.64. The first-order valence-electron chi connectivity index (χ1n) is 10.3. The Hall–Kier alpha value is -3.16. The quantitative estimate of drug-likeness (QED) is 0.450. The fourth-order valence-electron chi connectivity index (χ4n) is 3.39. The standard InChI is InChI=1S/C25H23BrN2O4/c26-23-15-18(4-9-24(23)32-17-19-2-1-3-20(14-19)25(29)30)16-27-21-5-7-22(8-6-21)28-10-12-31-13-11-28/h1-9,14-16H,10-13,17H2,(H,29,30). The van der Waals surface area contributed by atoms with Crippen molar-refractivity contribution in [2.45, 2.75) is 6.61 Å². The second-order valence-corrected chi connectivity index (χ2v) is 8.21. The van der Waals surface area contributed by atoms with Crippen molar-refractivity contribution >= 4 is 39.5 Å². The number of carboxylic acid groups (broad SMARTS) is 1. The number of hydrogen-bond donors (Lipinski definition) is 1.